The van der Waals surface area contributed by atoms with Gasteiger partial charge in [0.2, 0.25) is 0 Å². The number of hydrogen-bond acceptors (Lipinski definition) is 4. The minimum Gasteiger partial charge on any atom is -0.420 e. The second-order valence-corrected chi connectivity index (χ2v) is 5.35. The normalized spacial score (nSPS) is 12.0. The summed E-state index contributed by atoms with van der Waals surface area (Å²) in [7, 11) is 0. The first kappa shape index (κ1) is 21.8. The van der Waals surface area contributed by atoms with Crippen molar-refractivity contribution in [2.24, 2.45) is 0 Å². The largest absolute Gasteiger partial charge is 0.491 e. The molecule has 0 aromatic heterocycles. The molecule has 0 amide bonds. The summed E-state index contributed by atoms with van der Waals surface area (Å²) in [6.07, 6.45) is -7.16. The van der Waals surface area contributed by atoms with Gasteiger partial charge in [-0.15, -0.1) is 0 Å². The molecule has 0 radical (unpaired) electrons. The molecule has 0 saturated carbocycles. The van der Waals surface area contributed by atoms with Gasteiger partial charge in [-0.2, -0.15) is 26.3 Å². The molecule has 26 heavy (non-hydrogen) atoms. The van der Waals surface area contributed by atoms with E-state index in [1.807, 2.05) is 6.92 Å². The summed E-state index contributed by atoms with van der Waals surface area (Å²) < 4.78 is 82.1. The second kappa shape index (κ2) is 8.91. The Kier molecular flexibility index (Phi) is 7.46. The van der Waals surface area contributed by atoms with Crippen LogP contribution >= 0.6 is 0 Å². The van der Waals surface area contributed by atoms with E-state index in [-0.39, 0.29) is 12.0 Å². The highest BCUT2D eigenvalue weighted by Crippen LogP contribution is 2.30. The third-order valence-corrected chi connectivity index (χ3v) is 3.21. The van der Waals surface area contributed by atoms with Crippen LogP contribution < -0.4 is 9.47 Å². The molecule has 0 spiro atoms. The number of alkyl halides is 6. The minimum atomic E-state index is -5.28. The van der Waals surface area contributed by atoms with Crippen LogP contribution in [0.2, 0.25) is 0 Å². The van der Waals surface area contributed by atoms with Gasteiger partial charge in [-0.3, -0.25) is 0 Å². The number of aryl methyl sites for hydroxylation is 1. The van der Waals surface area contributed by atoms with Crippen molar-refractivity contribution >= 4 is 11.9 Å². The summed E-state index contributed by atoms with van der Waals surface area (Å²) in [5.74, 6) is -6.35. The average Bonchev–Trinajstić information content (AvgIpc) is 2.51. The number of ether oxygens (including phenoxy) is 2. The number of halogens is 6. The van der Waals surface area contributed by atoms with Crippen LogP contribution in [0, 0.1) is 0 Å². The summed E-state index contributed by atoms with van der Waals surface area (Å²) in [6.45, 7) is 1.96. The van der Waals surface area contributed by atoms with Crippen LogP contribution in [0.1, 0.15) is 38.2 Å². The summed E-state index contributed by atoms with van der Waals surface area (Å²) >= 11 is 0. The van der Waals surface area contributed by atoms with Gasteiger partial charge in [-0.05, 0) is 24.5 Å². The molecule has 0 bridgehead atoms. The van der Waals surface area contributed by atoms with Crippen LogP contribution in [0.3, 0.4) is 0 Å². The van der Waals surface area contributed by atoms with E-state index < -0.39 is 35.8 Å². The molecule has 0 heterocycles. The van der Waals surface area contributed by atoms with Crippen molar-refractivity contribution in [3.05, 3.63) is 23.8 Å². The first-order chi connectivity index (χ1) is 11.9. The standard InChI is InChI=1S/C16H16F6O4/c1-2-3-4-5-6-10-7-8-11(25-13(23)15(17,18)19)9-12(10)26-14(24)16(20,21)22/h7-9H,2-6H2,1H3. The third kappa shape index (κ3) is 6.93. The summed E-state index contributed by atoms with van der Waals surface area (Å²) in [5.41, 5.74) is 0.186. The summed E-state index contributed by atoms with van der Waals surface area (Å²) in [6, 6.07) is 2.80. The Morgan fingerprint density at radius 2 is 1.46 bits per heavy atom. The zero-order valence-electron chi connectivity index (χ0n) is 13.7. The predicted molar refractivity (Wildman–Crippen MR) is 77.7 cm³/mol. The van der Waals surface area contributed by atoms with Gasteiger partial charge >= 0.3 is 24.3 Å². The van der Waals surface area contributed by atoms with Gasteiger partial charge in [-0.25, -0.2) is 9.59 Å². The van der Waals surface area contributed by atoms with E-state index in [0.29, 0.717) is 12.5 Å². The van der Waals surface area contributed by atoms with E-state index in [0.717, 1.165) is 31.4 Å². The molecule has 0 saturated heterocycles. The molecule has 1 rings (SSSR count). The van der Waals surface area contributed by atoms with Crippen molar-refractivity contribution in [3.63, 3.8) is 0 Å². The van der Waals surface area contributed by atoms with Crippen molar-refractivity contribution in [1.82, 2.24) is 0 Å². The fourth-order valence-corrected chi connectivity index (χ4v) is 1.96. The number of esters is 2. The fraction of sp³-hybridized carbons (Fsp3) is 0.500. The number of carbonyl (C=O) groups is 2. The Morgan fingerprint density at radius 1 is 0.885 bits per heavy atom. The lowest BCUT2D eigenvalue weighted by atomic mass is 10.1. The molecule has 1 aromatic carbocycles. The van der Waals surface area contributed by atoms with Crippen LogP contribution in [0.5, 0.6) is 11.5 Å². The average molecular weight is 386 g/mol. The van der Waals surface area contributed by atoms with Gasteiger partial charge in [-0.1, -0.05) is 32.3 Å². The van der Waals surface area contributed by atoms with Crippen LogP contribution in [0.25, 0.3) is 0 Å². The van der Waals surface area contributed by atoms with Crippen molar-refractivity contribution < 1.29 is 45.4 Å². The van der Waals surface area contributed by atoms with Crippen molar-refractivity contribution in [1.29, 1.82) is 0 Å². The SMILES string of the molecule is CCCCCCc1ccc(OC(=O)C(F)(F)F)cc1OC(=O)C(F)(F)F. The number of rotatable bonds is 7. The maximum absolute atomic E-state index is 12.4. The smallest absolute Gasteiger partial charge is 0.420 e. The lowest BCUT2D eigenvalue weighted by Crippen LogP contribution is -2.29. The maximum Gasteiger partial charge on any atom is 0.491 e. The van der Waals surface area contributed by atoms with Crippen molar-refractivity contribution in [2.45, 2.75) is 51.4 Å². The van der Waals surface area contributed by atoms with Crippen LogP contribution in [-0.2, 0) is 16.0 Å². The van der Waals surface area contributed by atoms with Gasteiger partial charge in [0.25, 0.3) is 0 Å². The Bertz CT molecular complexity index is 637. The molecule has 0 aliphatic rings. The highest BCUT2D eigenvalue weighted by atomic mass is 19.4. The zero-order valence-corrected chi connectivity index (χ0v) is 13.7. The van der Waals surface area contributed by atoms with Gasteiger partial charge in [0.1, 0.15) is 11.5 Å². The minimum absolute atomic E-state index is 0.186. The van der Waals surface area contributed by atoms with Crippen molar-refractivity contribution in [2.75, 3.05) is 0 Å². The molecule has 0 aliphatic carbocycles. The van der Waals surface area contributed by atoms with E-state index in [4.69, 9.17) is 0 Å². The second-order valence-electron chi connectivity index (χ2n) is 5.35. The Labute approximate surface area is 145 Å². The molecule has 4 nitrogen and oxygen atoms in total. The monoisotopic (exact) mass is 386 g/mol. The number of unbranched alkanes of at least 4 members (excludes halogenated alkanes) is 3. The van der Waals surface area contributed by atoms with Gasteiger partial charge < -0.3 is 9.47 Å². The highest BCUT2D eigenvalue weighted by molar-refractivity contribution is 5.80. The first-order valence-electron chi connectivity index (χ1n) is 7.66. The Hall–Kier alpha value is -2.26. The molecular weight excluding hydrogens is 370 g/mol. The molecule has 0 fully saturated rings. The number of hydrogen-bond donors (Lipinski definition) is 0. The number of benzene rings is 1. The predicted octanol–water partition coefficient (Wildman–Crippen LogP) is 4.74. The Balaban J connectivity index is 3.02. The molecule has 0 aliphatic heterocycles. The molecular formula is C16H16F6O4. The summed E-state index contributed by atoms with van der Waals surface area (Å²) in [5, 5.41) is 0. The van der Waals surface area contributed by atoms with Crippen LogP contribution in [0.4, 0.5) is 26.3 Å². The van der Waals surface area contributed by atoms with Gasteiger partial charge in [0.05, 0.1) is 0 Å². The van der Waals surface area contributed by atoms with E-state index in [1.165, 1.54) is 0 Å². The van der Waals surface area contributed by atoms with Crippen LogP contribution in [-0.4, -0.2) is 24.3 Å². The molecule has 0 atom stereocenters. The Morgan fingerprint density at radius 3 is 2.00 bits per heavy atom. The topological polar surface area (TPSA) is 52.6 Å². The fourth-order valence-electron chi connectivity index (χ4n) is 1.96. The molecule has 0 N–H and O–H groups in total. The quantitative estimate of drug-likeness (QED) is 0.294. The zero-order chi connectivity index (χ0) is 20.0. The third-order valence-electron chi connectivity index (χ3n) is 3.21. The van der Waals surface area contributed by atoms with E-state index in [2.05, 4.69) is 9.47 Å². The van der Waals surface area contributed by atoms with Gasteiger partial charge in [0.15, 0.2) is 0 Å². The first-order valence-corrected chi connectivity index (χ1v) is 7.66. The lowest BCUT2D eigenvalue weighted by molar-refractivity contribution is -0.190. The van der Waals surface area contributed by atoms with Crippen molar-refractivity contribution in [3.8, 4) is 11.5 Å². The molecule has 1 aromatic rings. The van der Waals surface area contributed by atoms with Gasteiger partial charge in [0, 0.05) is 6.07 Å². The lowest BCUT2D eigenvalue weighted by Gasteiger charge is -2.13. The highest BCUT2D eigenvalue weighted by Gasteiger charge is 2.43. The number of carbonyl (C=O) groups excluding carboxylic acids is 2. The maximum atomic E-state index is 12.4. The molecule has 0 unspecified atom stereocenters. The van der Waals surface area contributed by atoms with E-state index in [9.17, 15) is 35.9 Å². The van der Waals surface area contributed by atoms with E-state index in [1.54, 1.807) is 0 Å². The molecule has 146 valence electrons. The molecule has 10 heteroatoms. The van der Waals surface area contributed by atoms with Crippen LogP contribution in [0.15, 0.2) is 18.2 Å². The van der Waals surface area contributed by atoms with E-state index >= 15 is 0 Å². The summed E-state index contributed by atoms with van der Waals surface area (Å²) in [4.78, 5) is 21.8.